The van der Waals surface area contributed by atoms with E-state index in [-0.39, 0.29) is 4.11 Å². The maximum absolute atomic E-state index is 9.58. The molecule has 0 saturated carbocycles. The second-order valence-corrected chi connectivity index (χ2v) is 12.2. The predicted octanol–water partition coefficient (Wildman–Crippen LogP) is 0.934. The van der Waals surface area contributed by atoms with Crippen LogP contribution in [0.5, 0.6) is 11.6 Å². The van der Waals surface area contributed by atoms with Crippen LogP contribution in [0.4, 0.5) is 5.95 Å². The summed E-state index contributed by atoms with van der Waals surface area (Å²) in [5.41, 5.74) is 2.55. The van der Waals surface area contributed by atoms with Crippen LogP contribution in [-0.4, -0.2) is 85.2 Å². The molecule has 2 aliphatic rings. The molecule has 204 valence electrons. The number of likely N-dealkylation sites (N-methyl/N-ethyl adjacent to an activating group) is 1. The number of piperazine rings is 1. The summed E-state index contributed by atoms with van der Waals surface area (Å²) in [4.78, 5) is 20.6. The van der Waals surface area contributed by atoms with E-state index in [9.17, 15) is 3.44 Å². The zero-order valence-electron chi connectivity index (χ0n) is 21.1. The van der Waals surface area contributed by atoms with Crippen LogP contribution in [0.15, 0.2) is 42.7 Å². The fourth-order valence-electron chi connectivity index (χ4n) is 4.49. The Morgan fingerprint density at radius 1 is 1.00 bits per heavy atom. The summed E-state index contributed by atoms with van der Waals surface area (Å²) < 4.78 is 21.5. The van der Waals surface area contributed by atoms with E-state index >= 15 is 0 Å². The van der Waals surface area contributed by atoms with Crippen molar-refractivity contribution in [1.29, 1.82) is 0 Å². The van der Waals surface area contributed by atoms with Crippen LogP contribution in [0.3, 0.4) is 0 Å². The summed E-state index contributed by atoms with van der Waals surface area (Å²) in [5.74, 6) is 1.66. The molecular formula is C26H30Cl2IN6O3-. The Labute approximate surface area is 243 Å². The molecule has 1 atom stereocenters. The van der Waals surface area contributed by atoms with Gasteiger partial charge >= 0.3 is 196 Å². The molecule has 2 aromatic heterocycles. The maximum atomic E-state index is 9.58. The number of hydrogen-bond acceptors (Lipinski definition) is 9. The summed E-state index contributed by atoms with van der Waals surface area (Å²) in [5, 5.41) is 1.08. The summed E-state index contributed by atoms with van der Waals surface area (Å²) in [6.45, 7) is 6.70. The number of nitrogens with zero attached hydrogens (tertiary/aromatic N) is 6. The second kappa shape index (κ2) is 13.0. The van der Waals surface area contributed by atoms with E-state index in [2.05, 4.69) is 31.7 Å². The number of pyridine rings is 1. The molecule has 1 N–H and O–H groups in total. The van der Waals surface area contributed by atoms with Crippen molar-refractivity contribution in [2.75, 3.05) is 57.8 Å². The first-order chi connectivity index (χ1) is 18.4. The van der Waals surface area contributed by atoms with E-state index in [1.165, 1.54) is 0 Å². The Balaban J connectivity index is 1.38. The molecule has 0 spiro atoms. The van der Waals surface area contributed by atoms with Crippen molar-refractivity contribution in [3.05, 3.63) is 58.3 Å². The molecule has 2 fully saturated rings. The quantitative estimate of drug-likeness (QED) is 0.291. The van der Waals surface area contributed by atoms with Gasteiger partial charge in [-0.3, -0.25) is 0 Å². The number of halogens is 3. The van der Waals surface area contributed by atoms with Gasteiger partial charge in [0.05, 0.1) is 0 Å². The Morgan fingerprint density at radius 2 is 1.74 bits per heavy atom. The molecule has 38 heavy (non-hydrogen) atoms. The van der Waals surface area contributed by atoms with E-state index in [1.54, 1.807) is 18.5 Å². The molecule has 0 bridgehead atoms. The Hall–Kier alpha value is -1.80. The minimum Gasteiger partial charge on any atom is 0.0157 e. The van der Waals surface area contributed by atoms with Crippen molar-refractivity contribution in [2.45, 2.75) is 17.1 Å². The van der Waals surface area contributed by atoms with E-state index in [0.29, 0.717) is 46.5 Å². The Bertz CT molecular complexity index is 1210. The van der Waals surface area contributed by atoms with Gasteiger partial charge in [0.2, 0.25) is 5.95 Å². The van der Waals surface area contributed by atoms with Crippen molar-refractivity contribution in [2.24, 2.45) is 0 Å². The molecule has 2 aliphatic heterocycles. The minimum atomic E-state index is -0.918. The van der Waals surface area contributed by atoms with Gasteiger partial charge in [0.1, 0.15) is 0 Å². The number of aromatic nitrogens is 3. The molecule has 0 amide bonds. The summed E-state index contributed by atoms with van der Waals surface area (Å²) in [6, 6.07) is 9.35. The zero-order chi connectivity index (χ0) is 26.5. The van der Waals surface area contributed by atoms with Gasteiger partial charge in [-0.15, -0.1) is 0 Å². The van der Waals surface area contributed by atoms with Crippen LogP contribution in [-0.2, 0) is 11.3 Å². The van der Waals surface area contributed by atoms with Crippen molar-refractivity contribution in [3.63, 3.8) is 0 Å². The monoisotopic (exact) mass is 671 g/mol. The molecule has 9 nitrogen and oxygen atoms in total. The Kier molecular flexibility index (Phi) is 9.52. The van der Waals surface area contributed by atoms with E-state index in [4.69, 9.17) is 37.7 Å². The van der Waals surface area contributed by atoms with Crippen molar-refractivity contribution >= 4 is 29.2 Å². The van der Waals surface area contributed by atoms with Crippen LogP contribution < -0.4 is 31.3 Å². The van der Waals surface area contributed by atoms with Crippen molar-refractivity contribution in [3.8, 4) is 22.9 Å². The molecule has 0 unspecified atom stereocenters. The van der Waals surface area contributed by atoms with Gasteiger partial charge in [0.25, 0.3) is 0 Å². The first kappa shape index (κ1) is 27.8. The molecule has 2 saturated heterocycles. The summed E-state index contributed by atoms with van der Waals surface area (Å²) in [6.07, 6.45) is 4.20. The van der Waals surface area contributed by atoms with Crippen LogP contribution in [0, 0.1) is 0 Å². The third-order valence-corrected chi connectivity index (χ3v) is 8.58. The predicted molar refractivity (Wildman–Crippen MR) is 143 cm³/mol. The number of rotatable bonds is 7. The third kappa shape index (κ3) is 7.44. The number of benzene rings is 1. The van der Waals surface area contributed by atoms with Crippen molar-refractivity contribution < 1.29 is 34.5 Å². The number of anilines is 1. The smallest absolute Gasteiger partial charge is 0.0157 e. The minimum absolute atomic E-state index is 0.00637. The topological polar surface area (TPSA) is 87.1 Å². The normalized spacial score (nSPS) is 19.5. The molecule has 1 aromatic carbocycles. The van der Waals surface area contributed by atoms with Crippen LogP contribution in [0.2, 0.25) is 10.0 Å². The fraction of sp³-hybridized carbons (Fsp3) is 0.423. The van der Waals surface area contributed by atoms with E-state index in [0.717, 1.165) is 56.8 Å². The average molecular weight is 672 g/mol. The number of hydrogen-bond donors (Lipinski definition) is 1. The van der Waals surface area contributed by atoms with Gasteiger partial charge in [0, 0.05) is 26.2 Å². The number of ether oxygens (including phenoxy) is 2. The third-order valence-electron chi connectivity index (χ3n) is 6.54. The molecule has 0 aliphatic carbocycles. The zero-order valence-corrected chi connectivity index (χ0v) is 24.7. The van der Waals surface area contributed by atoms with Crippen LogP contribution in [0.25, 0.3) is 11.3 Å². The van der Waals surface area contributed by atoms with Gasteiger partial charge in [-0.2, -0.15) is 0 Å². The van der Waals surface area contributed by atoms with Gasteiger partial charge < -0.3 is 9.80 Å². The molecule has 4 heterocycles. The molecule has 3 aromatic rings. The van der Waals surface area contributed by atoms with Gasteiger partial charge in [-0.1, -0.05) is 0 Å². The number of alkyl halides is 1. The molecule has 12 heteroatoms. The van der Waals surface area contributed by atoms with Crippen molar-refractivity contribution in [1.82, 2.24) is 24.8 Å². The molecule has 5 rings (SSSR count). The second-order valence-electron chi connectivity index (χ2n) is 9.41. The fourth-order valence-corrected chi connectivity index (χ4v) is 5.99. The van der Waals surface area contributed by atoms with E-state index < -0.39 is 21.6 Å². The summed E-state index contributed by atoms with van der Waals surface area (Å²) in [7, 11) is 2.12. The van der Waals surface area contributed by atoms with Gasteiger partial charge in [0.15, 0.2) is 0 Å². The first-order valence-electron chi connectivity index (χ1n) is 12.5. The van der Waals surface area contributed by atoms with Gasteiger partial charge in [-0.05, 0) is 7.05 Å². The molecular weight excluding hydrogens is 642 g/mol. The first-order valence-corrected chi connectivity index (χ1v) is 15.4. The summed E-state index contributed by atoms with van der Waals surface area (Å²) >= 11 is 11.7. The van der Waals surface area contributed by atoms with E-state index in [1.807, 2.05) is 24.3 Å². The Morgan fingerprint density at radius 3 is 2.45 bits per heavy atom. The average Bonchev–Trinajstić information content (AvgIpc) is 3.14. The van der Waals surface area contributed by atoms with Crippen LogP contribution >= 0.6 is 23.2 Å². The standard InChI is InChI=1S/C26H30Cl2IN6O3/c1-33-4-6-35(7-5-33)26-30-15-22(16-31-26)38-25-11-18(17-34-3-2-24(29-36)37-9-8-34)10-23(32-25)19-12-20(27)14-21(28)13-19/h10-16,24,36H,2-9,17H2,1H3/q-1/t24-/m0/s1. The molecule has 0 radical (unpaired) electrons. The SMILES string of the molecule is CN1CCN(c2ncc(Oc3cc(CN4CCO[C@H]([I-]O)CC4)cc(-c4cc(Cl)cc(Cl)c4)n3)cn2)CC1. The van der Waals surface area contributed by atoms with Crippen LogP contribution in [0.1, 0.15) is 12.0 Å². The van der Waals surface area contributed by atoms with Gasteiger partial charge in [-0.25, -0.2) is 0 Å².